The van der Waals surface area contributed by atoms with Crippen LogP contribution in [0.15, 0.2) is 30.0 Å². The SMILES string of the molecule is CC(C)(C)OC(=O)N1CCC2(CC1)CC(=C(F)B1OC(C)(C)C(C)(C)O1)c1ccccc1O2. The van der Waals surface area contributed by atoms with E-state index in [2.05, 4.69) is 0 Å². The number of nitrogens with zero attached hydrogens (tertiary/aromatic N) is 1. The molecule has 1 aromatic carbocycles. The van der Waals surface area contributed by atoms with E-state index in [1.807, 2.05) is 72.7 Å². The summed E-state index contributed by atoms with van der Waals surface area (Å²) in [6.07, 6.45) is 1.23. The predicted octanol–water partition coefficient (Wildman–Crippen LogP) is 5.55. The predicted molar refractivity (Wildman–Crippen MR) is 126 cm³/mol. The standard InChI is InChI=1S/C25H35BFNO5/c1-22(2,3)31-21(29)28-14-12-25(13-15-28)16-18(17-10-8-9-11-19(17)30-25)20(27)26-32-23(4,5)24(6,7)33-26/h8-11H,12-16H2,1-7H3. The first kappa shape index (κ1) is 24.1. The molecule has 0 N–H and O–H groups in total. The van der Waals surface area contributed by atoms with E-state index in [4.69, 9.17) is 18.8 Å². The molecule has 8 heteroatoms. The number of rotatable bonds is 1. The largest absolute Gasteiger partial charge is 0.525 e. The van der Waals surface area contributed by atoms with E-state index in [-0.39, 0.29) is 6.09 Å². The molecule has 0 aliphatic carbocycles. The van der Waals surface area contributed by atoms with Gasteiger partial charge in [0.1, 0.15) is 22.7 Å². The van der Waals surface area contributed by atoms with Crippen molar-refractivity contribution in [1.82, 2.24) is 4.90 Å². The number of benzene rings is 1. The third-order valence-corrected chi connectivity index (χ3v) is 7.11. The van der Waals surface area contributed by atoms with Gasteiger partial charge in [-0.1, -0.05) is 18.2 Å². The van der Waals surface area contributed by atoms with Crippen LogP contribution in [0.25, 0.3) is 5.57 Å². The van der Waals surface area contributed by atoms with Crippen molar-refractivity contribution in [3.63, 3.8) is 0 Å². The van der Waals surface area contributed by atoms with Crippen molar-refractivity contribution in [2.24, 2.45) is 0 Å². The van der Waals surface area contributed by atoms with Gasteiger partial charge < -0.3 is 23.7 Å². The number of ether oxygens (including phenoxy) is 2. The van der Waals surface area contributed by atoms with Crippen LogP contribution in [-0.4, -0.2) is 53.6 Å². The third-order valence-electron chi connectivity index (χ3n) is 7.11. The molecule has 0 saturated carbocycles. The Hall–Kier alpha value is -2.06. The van der Waals surface area contributed by atoms with Crippen molar-refractivity contribution in [2.45, 2.75) is 90.1 Å². The summed E-state index contributed by atoms with van der Waals surface area (Å²) >= 11 is 0. The Bertz CT molecular complexity index is 944. The maximum absolute atomic E-state index is 16.0. The average molecular weight is 459 g/mol. The molecule has 2 fully saturated rings. The minimum atomic E-state index is -1.06. The molecular formula is C25H35BFNO5. The zero-order chi connectivity index (χ0) is 24.2. The Morgan fingerprint density at radius 2 is 1.64 bits per heavy atom. The van der Waals surface area contributed by atoms with Crippen LogP contribution in [0, 0.1) is 0 Å². The molecule has 0 aromatic heterocycles. The fourth-order valence-electron chi connectivity index (χ4n) is 4.50. The number of para-hydroxylation sites is 1. The summed E-state index contributed by atoms with van der Waals surface area (Å²) in [4.78, 5) is 14.2. The second-order valence-electron chi connectivity index (χ2n) is 11.3. The third kappa shape index (κ3) is 4.65. The van der Waals surface area contributed by atoms with Crippen molar-refractivity contribution in [3.8, 4) is 5.75 Å². The molecule has 1 amide bonds. The Labute approximate surface area is 196 Å². The summed E-state index contributed by atoms with van der Waals surface area (Å²) in [5.41, 5.74) is -1.52. The van der Waals surface area contributed by atoms with Gasteiger partial charge in [-0.2, -0.15) is 0 Å². The fraction of sp³-hybridized carbons (Fsp3) is 0.640. The molecule has 180 valence electrons. The first-order chi connectivity index (χ1) is 15.2. The van der Waals surface area contributed by atoms with Crippen molar-refractivity contribution in [3.05, 3.63) is 35.6 Å². The van der Waals surface area contributed by atoms with Gasteiger partial charge in [-0.15, -0.1) is 0 Å². The number of carbonyl (C=O) groups is 1. The molecule has 6 nitrogen and oxygen atoms in total. The van der Waals surface area contributed by atoms with Gasteiger partial charge in [-0.3, -0.25) is 0 Å². The van der Waals surface area contributed by atoms with Crippen molar-refractivity contribution in [2.75, 3.05) is 13.1 Å². The monoisotopic (exact) mass is 459 g/mol. The molecule has 0 radical (unpaired) electrons. The van der Waals surface area contributed by atoms with E-state index in [1.165, 1.54) is 0 Å². The van der Waals surface area contributed by atoms with Gasteiger partial charge in [0.2, 0.25) is 0 Å². The smallest absolute Gasteiger partial charge is 0.486 e. The van der Waals surface area contributed by atoms with E-state index in [0.717, 1.165) is 5.56 Å². The lowest BCUT2D eigenvalue weighted by atomic mass is 9.75. The van der Waals surface area contributed by atoms with E-state index in [9.17, 15) is 4.79 Å². The quantitative estimate of drug-likeness (QED) is 0.516. The molecule has 33 heavy (non-hydrogen) atoms. The molecule has 3 aliphatic heterocycles. The van der Waals surface area contributed by atoms with Crippen LogP contribution in [0.2, 0.25) is 0 Å². The van der Waals surface area contributed by atoms with Crippen molar-refractivity contribution >= 4 is 18.8 Å². The van der Waals surface area contributed by atoms with Crippen LogP contribution in [0.3, 0.4) is 0 Å². The highest BCUT2D eigenvalue weighted by atomic mass is 19.1. The van der Waals surface area contributed by atoms with E-state index in [1.54, 1.807) is 4.90 Å². The number of hydrogen-bond acceptors (Lipinski definition) is 5. The average Bonchev–Trinajstić information content (AvgIpc) is 2.93. The summed E-state index contributed by atoms with van der Waals surface area (Å²) in [5.74, 6) is 0.649. The topological polar surface area (TPSA) is 57.2 Å². The van der Waals surface area contributed by atoms with Crippen LogP contribution >= 0.6 is 0 Å². The summed E-state index contributed by atoms with van der Waals surface area (Å²) in [6.45, 7) is 14.2. The minimum Gasteiger partial charge on any atom is -0.486 e. The molecular weight excluding hydrogens is 424 g/mol. The molecule has 0 atom stereocenters. The van der Waals surface area contributed by atoms with Crippen LogP contribution < -0.4 is 4.74 Å². The fourth-order valence-corrected chi connectivity index (χ4v) is 4.50. The highest BCUT2D eigenvalue weighted by molar-refractivity contribution is 6.55. The second kappa shape index (κ2) is 8.02. The molecule has 0 bridgehead atoms. The Morgan fingerprint density at radius 3 is 2.21 bits per heavy atom. The number of piperidine rings is 1. The van der Waals surface area contributed by atoms with Crippen LogP contribution in [0.1, 0.15) is 73.3 Å². The molecule has 0 unspecified atom stereocenters. The van der Waals surface area contributed by atoms with Crippen molar-refractivity contribution in [1.29, 1.82) is 0 Å². The summed E-state index contributed by atoms with van der Waals surface area (Å²) in [6, 6.07) is 7.51. The lowest BCUT2D eigenvalue weighted by Crippen LogP contribution is -2.52. The van der Waals surface area contributed by atoms with Gasteiger partial charge in [-0.25, -0.2) is 9.18 Å². The normalized spacial score (nSPS) is 24.8. The summed E-state index contributed by atoms with van der Waals surface area (Å²) in [5, 5.41) is 0. The molecule has 4 rings (SSSR count). The molecule has 3 aliphatic rings. The van der Waals surface area contributed by atoms with E-state index < -0.39 is 35.2 Å². The van der Waals surface area contributed by atoms with Gasteiger partial charge in [0.25, 0.3) is 0 Å². The first-order valence-electron chi connectivity index (χ1n) is 11.7. The van der Waals surface area contributed by atoms with Gasteiger partial charge >= 0.3 is 13.2 Å². The molecule has 1 spiro atoms. The van der Waals surface area contributed by atoms with Crippen LogP contribution in [0.5, 0.6) is 5.75 Å². The van der Waals surface area contributed by atoms with E-state index in [0.29, 0.717) is 43.7 Å². The Balaban J connectivity index is 1.60. The number of amides is 1. The molecule has 1 aromatic rings. The highest BCUT2D eigenvalue weighted by Crippen LogP contribution is 2.48. The summed E-state index contributed by atoms with van der Waals surface area (Å²) in [7, 11) is -1.06. The maximum atomic E-state index is 16.0. The highest BCUT2D eigenvalue weighted by Gasteiger charge is 2.54. The van der Waals surface area contributed by atoms with Gasteiger partial charge in [0.05, 0.1) is 11.2 Å². The Morgan fingerprint density at radius 1 is 1.06 bits per heavy atom. The zero-order valence-electron chi connectivity index (χ0n) is 20.8. The minimum absolute atomic E-state index is 0.326. The second-order valence-corrected chi connectivity index (χ2v) is 11.3. The number of carbonyl (C=O) groups excluding carboxylic acids is 1. The number of fused-ring (bicyclic) bond motifs is 1. The number of halogens is 1. The van der Waals surface area contributed by atoms with Crippen molar-refractivity contribution < 1.29 is 28.0 Å². The number of likely N-dealkylation sites (tertiary alicyclic amines) is 1. The van der Waals surface area contributed by atoms with Gasteiger partial charge in [0.15, 0.2) is 0 Å². The molecule has 2 saturated heterocycles. The zero-order valence-corrected chi connectivity index (χ0v) is 20.8. The number of hydrogen-bond donors (Lipinski definition) is 0. The molecule has 3 heterocycles. The van der Waals surface area contributed by atoms with Crippen LogP contribution in [0.4, 0.5) is 9.18 Å². The maximum Gasteiger partial charge on any atom is 0.525 e. The lowest BCUT2D eigenvalue weighted by Gasteiger charge is -2.45. The van der Waals surface area contributed by atoms with Gasteiger partial charge in [0, 0.05) is 37.9 Å². The lowest BCUT2D eigenvalue weighted by molar-refractivity contribution is -0.0181. The van der Waals surface area contributed by atoms with E-state index >= 15 is 4.39 Å². The Kier molecular flexibility index (Phi) is 5.85. The van der Waals surface area contributed by atoms with Gasteiger partial charge in [-0.05, 0) is 60.1 Å². The summed E-state index contributed by atoms with van der Waals surface area (Å²) < 4.78 is 39.9. The first-order valence-corrected chi connectivity index (χ1v) is 11.7. The van der Waals surface area contributed by atoms with Crippen LogP contribution in [-0.2, 0) is 14.0 Å².